The minimum absolute atomic E-state index is 0.405. The molecule has 0 N–H and O–H groups in total. The van der Waals surface area contributed by atoms with Crippen molar-refractivity contribution in [1.29, 1.82) is 0 Å². The van der Waals surface area contributed by atoms with Gasteiger partial charge in [0.1, 0.15) is 0 Å². The number of rotatable bonds is 4. The van der Waals surface area contributed by atoms with Gasteiger partial charge in [0.2, 0.25) is 0 Å². The van der Waals surface area contributed by atoms with Gasteiger partial charge in [-0.2, -0.15) is 0 Å². The predicted octanol–water partition coefficient (Wildman–Crippen LogP) is 2.73. The minimum Gasteiger partial charge on any atom is -0.378 e. The Labute approximate surface area is 112 Å². The molecule has 18 heavy (non-hydrogen) atoms. The lowest BCUT2D eigenvalue weighted by atomic mass is 9.96. The van der Waals surface area contributed by atoms with Crippen LogP contribution in [-0.4, -0.2) is 31.0 Å². The molecule has 1 aromatic heterocycles. The molecule has 100 valence electrons. The molecular formula is C13H20N2O2S. The zero-order chi connectivity index (χ0) is 13.1. The fraction of sp³-hybridized carbons (Fsp3) is 0.692. The Balaban J connectivity index is 2.23. The van der Waals surface area contributed by atoms with Crippen LogP contribution in [0, 0.1) is 5.92 Å². The Bertz CT molecular complexity index is 419. The normalized spacial score (nSPS) is 24.3. The van der Waals surface area contributed by atoms with E-state index in [9.17, 15) is 4.79 Å². The number of carbonyl (C=O) groups excluding carboxylic acids is 1. The van der Waals surface area contributed by atoms with Gasteiger partial charge >= 0.3 is 0 Å². The van der Waals surface area contributed by atoms with E-state index in [0.29, 0.717) is 23.4 Å². The Morgan fingerprint density at radius 3 is 2.94 bits per heavy atom. The van der Waals surface area contributed by atoms with E-state index in [1.165, 1.54) is 24.2 Å². The van der Waals surface area contributed by atoms with Gasteiger partial charge in [-0.05, 0) is 25.7 Å². The molecule has 1 aromatic rings. The Morgan fingerprint density at radius 1 is 1.50 bits per heavy atom. The fourth-order valence-electron chi connectivity index (χ4n) is 2.36. The predicted molar refractivity (Wildman–Crippen MR) is 73.4 cm³/mol. The monoisotopic (exact) mass is 268 g/mol. The van der Waals surface area contributed by atoms with Crippen LogP contribution in [-0.2, 0) is 11.3 Å². The summed E-state index contributed by atoms with van der Waals surface area (Å²) in [6, 6.07) is 0.502. The van der Waals surface area contributed by atoms with E-state index in [1.54, 1.807) is 7.11 Å². The van der Waals surface area contributed by atoms with Crippen LogP contribution in [0.15, 0.2) is 0 Å². The number of thiazole rings is 1. The van der Waals surface area contributed by atoms with Crippen molar-refractivity contribution in [3.05, 3.63) is 10.6 Å². The van der Waals surface area contributed by atoms with Gasteiger partial charge in [-0.1, -0.05) is 18.3 Å². The number of carbonyl (C=O) groups is 1. The standard InChI is InChI=1S/C13H20N2O2S/c1-9-4-5-10(2)15(6-9)13-14-11(8-17-3)12(7-16)18-13/h7,9-10H,4-6,8H2,1-3H3. The van der Waals surface area contributed by atoms with Crippen molar-refractivity contribution in [2.24, 2.45) is 5.92 Å². The number of methoxy groups -OCH3 is 1. The molecule has 1 aliphatic rings. The van der Waals surface area contributed by atoms with Crippen LogP contribution in [0.5, 0.6) is 0 Å². The SMILES string of the molecule is COCc1nc(N2CC(C)CCC2C)sc1C=O. The maximum atomic E-state index is 11.0. The molecule has 2 heterocycles. The van der Waals surface area contributed by atoms with E-state index in [1.807, 2.05) is 0 Å². The molecule has 1 aliphatic heterocycles. The highest BCUT2D eigenvalue weighted by Gasteiger charge is 2.26. The van der Waals surface area contributed by atoms with E-state index in [4.69, 9.17) is 4.74 Å². The third-order valence-electron chi connectivity index (χ3n) is 3.47. The first kappa shape index (κ1) is 13.5. The van der Waals surface area contributed by atoms with Crippen LogP contribution < -0.4 is 4.90 Å². The largest absolute Gasteiger partial charge is 0.378 e. The number of aldehydes is 1. The average Bonchev–Trinajstić information content (AvgIpc) is 2.76. The first-order chi connectivity index (χ1) is 8.65. The summed E-state index contributed by atoms with van der Waals surface area (Å²) in [5.41, 5.74) is 0.762. The zero-order valence-corrected chi connectivity index (χ0v) is 12.0. The lowest BCUT2D eigenvalue weighted by Crippen LogP contribution is -2.41. The Kier molecular flexibility index (Phi) is 4.35. The number of piperidine rings is 1. The fourth-order valence-corrected chi connectivity index (χ4v) is 3.36. The van der Waals surface area contributed by atoms with Gasteiger partial charge in [0.05, 0.1) is 17.2 Å². The van der Waals surface area contributed by atoms with Crippen LogP contribution >= 0.6 is 11.3 Å². The van der Waals surface area contributed by atoms with E-state index < -0.39 is 0 Å². The summed E-state index contributed by atoms with van der Waals surface area (Å²) in [7, 11) is 1.62. The number of hydrogen-bond donors (Lipinski definition) is 0. The second-order valence-corrected chi connectivity index (χ2v) is 6.05. The van der Waals surface area contributed by atoms with Crippen LogP contribution in [0.1, 0.15) is 42.1 Å². The van der Waals surface area contributed by atoms with E-state index >= 15 is 0 Å². The van der Waals surface area contributed by atoms with E-state index in [0.717, 1.165) is 23.7 Å². The molecule has 2 rings (SSSR count). The van der Waals surface area contributed by atoms with E-state index in [-0.39, 0.29) is 0 Å². The average molecular weight is 268 g/mol. The topological polar surface area (TPSA) is 42.4 Å². The van der Waals surface area contributed by atoms with Crippen molar-refractivity contribution in [1.82, 2.24) is 4.98 Å². The highest BCUT2D eigenvalue weighted by atomic mass is 32.1. The minimum atomic E-state index is 0.405. The van der Waals surface area contributed by atoms with Crippen LogP contribution in [0.3, 0.4) is 0 Å². The Hall–Kier alpha value is -0.940. The van der Waals surface area contributed by atoms with Crippen molar-refractivity contribution in [3.63, 3.8) is 0 Å². The number of aromatic nitrogens is 1. The van der Waals surface area contributed by atoms with Crippen molar-refractivity contribution < 1.29 is 9.53 Å². The number of ether oxygens (including phenoxy) is 1. The zero-order valence-electron chi connectivity index (χ0n) is 11.2. The Morgan fingerprint density at radius 2 is 2.28 bits per heavy atom. The van der Waals surface area contributed by atoms with Crippen LogP contribution in [0.4, 0.5) is 5.13 Å². The molecule has 5 heteroatoms. The van der Waals surface area contributed by atoms with Crippen molar-refractivity contribution in [3.8, 4) is 0 Å². The highest BCUT2D eigenvalue weighted by Crippen LogP contribution is 2.32. The summed E-state index contributed by atoms with van der Waals surface area (Å²) >= 11 is 1.48. The quantitative estimate of drug-likeness (QED) is 0.787. The van der Waals surface area contributed by atoms with Crippen molar-refractivity contribution in [2.45, 2.75) is 39.3 Å². The highest BCUT2D eigenvalue weighted by molar-refractivity contribution is 7.17. The summed E-state index contributed by atoms with van der Waals surface area (Å²) < 4.78 is 5.09. The molecule has 0 spiro atoms. The molecule has 0 amide bonds. The summed E-state index contributed by atoms with van der Waals surface area (Å²) in [5, 5.41) is 0.961. The van der Waals surface area contributed by atoms with Gasteiger partial charge in [0.25, 0.3) is 0 Å². The van der Waals surface area contributed by atoms with E-state index in [2.05, 4.69) is 23.7 Å². The molecule has 0 radical (unpaired) electrons. The molecule has 0 aliphatic carbocycles. The number of nitrogens with zero attached hydrogens (tertiary/aromatic N) is 2. The molecule has 2 unspecified atom stereocenters. The first-order valence-electron chi connectivity index (χ1n) is 6.36. The lowest BCUT2D eigenvalue weighted by molar-refractivity contribution is 0.112. The molecular weight excluding hydrogens is 248 g/mol. The summed E-state index contributed by atoms with van der Waals surface area (Å²) in [4.78, 5) is 18.6. The maximum absolute atomic E-state index is 11.0. The first-order valence-corrected chi connectivity index (χ1v) is 7.17. The lowest BCUT2D eigenvalue weighted by Gasteiger charge is -2.36. The third-order valence-corrected chi connectivity index (χ3v) is 4.53. The molecule has 1 saturated heterocycles. The van der Waals surface area contributed by atoms with Gasteiger partial charge in [0, 0.05) is 19.7 Å². The molecule has 0 aromatic carbocycles. The number of hydrogen-bond acceptors (Lipinski definition) is 5. The number of anilines is 1. The maximum Gasteiger partial charge on any atom is 0.186 e. The van der Waals surface area contributed by atoms with Gasteiger partial charge in [0.15, 0.2) is 11.4 Å². The second kappa shape index (κ2) is 5.80. The van der Waals surface area contributed by atoms with Gasteiger partial charge < -0.3 is 9.64 Å². The summed E-state index contributed by atoms with van der Waals surface area (Å²) in [6.07, 6.45) is 3.35. The smallest absolute Gasteiger partial charge is 0.186 e. The molecule has 0 saturated carbocycles. The second-order valence-electron chi connectivity index (χ2n) is 5.04. The third kappa shape index (κ3) is 2.72. The van der Waals surface area contributed by atoms with Crippen molar-refractivity contribution >= 4 is 22.8 Å². The van der Waals surface area contributed by atoms with Crippen LogP contribution in [0.25, 0.3) is 0 Å². The van der Waals surface area contributed by atoms with Crippen LogP contribution in [0.2, 0.25) is 0 Å². The molecule has 1 fully saturated rings. The molecule has 4 nitrogen and oxygen atoms in total. The van der Waals surface area contributed by atoms with Gasteiger partial charge in [-0.3, -0.25) is 4.79 Å². The summed E-state index contributed by atoms with van der Waals surface area (Å²) in [6.45, 7) is 5.93. The van der Waals surface area contributed by atoms with Gasteiger partial charge in [-0.25, -0.2) is 4.98 Å². The van der Waals surface area contributed by atoms with Crippen molar-refractivity contribution in [2.75, 3.05) is 18.6 Å². The molecule has 0 bridgehead atoms. The summed E-state index contributed by atoms with van der Waals surface area (Å²) in [5.74, 6) is 0.690. The molecule has 2 atom stereocenters. The van der Waals surface area contributed by atoms with Gasteiger partial charge in [-0.15, -0.1) is 0 Å².